The van der Waals surface area contributed by atoms with Gasteiger partial charge in [0.25, 0.3) is 0 Å². The third kappa shape index (κ3) is 6.47. The molecule has 2 atom stereocenters. The number of hydrogen-bond acceptors (Lipinski definition) is 4. The number of nitrogens with zero attached hydrogens (tertiary/aromatic N) is 2. The van der Waals surface area contributed by atoms with Gasteiger partial charge >= 0.3 is 0 Å². The van der Waals surface area contributed by atoms with Gasteiger partial charge in [-0.2, -0.15) is 0 Å². The van der Waals surface area contributed by atoms with E-state index in [1.165, 1.54) is 44.5 Å². The van der Waals surface area contributed by atoms with Crippen LogP contribution in [0.3, 0.4) is 0 Å². The monoisotopic (exact) mass is 528 g/mol. The van der Waals surface area contributed by atoms with Gasteiger partial charge in [-0.3, -0.25) is 4.99 Å². The van der Waals surface area contributed by atoms with E-state index in [-0.39, 0.29) is 24.0 Å². The maximum absolute atomic E-state index is 5.79. The number of ether oxygens (including phenoxy) is 2. The van der Waals surface area contributed by atoms with E-state index in [0.29, 0.717) is 12.0 Å². The molecule has 30 heavy (non-hydrogen) atoms. The molecule has 168 valence electrons. The predicted molar refractivity (Wildman–Crippen MR) is 132 cm³/mol. The maximum atomic E-state index is 5.79. The van der Waals surface area contributed by atoms with E-state index in [1.54, 1.807) is 0 Å². The number of nitrogens with one attached hydrogen (secondary N) is 2. The van der Waals surface area contributed by atoms with Crippen LogP contribution in [-0.4, -0.2) is 69.4 Å². The van der Waals surface area contributed by atoms with Crippen LogP contribution in [0.25, 0.3) is 0 Å². The Morgan fingerprint density at radius 2 is 1.97 bits per heavy atom. The Hall–Kier alpha value is -1.06. The Morgan fingerprint density at radius 3 is 2.73 bits per heavy atom. The van der Waals surface area contributed by atoms with Crippen LogP contribution < -0.4 is 15.4 Å². The number of piperidine rings is 1. The molecule has 2 saturated heterocycles. The molecular weight excluding hydrogens is 491 g/mol. The Kier molecular flexibility index (Phi) is 9.52. The summed E-state index contributed by atoms with van der Waals surface area (Å²) in [6.07, 6.45) is 4.62. The molecule has 0 aliphatic carbocycles. The van der Waals surface area contributed by atoms with Crippen LogP contribution in [0.4, 0.5) is 0 Å². The van der Waals surface area contributed by atoms with Crippen molar-refractivity contribution in [3.8, 4) is 5.75 Å². The first-order chi connectivity index (χ1) is 14.3. The van der Waals surface area contributed by atoms with E-state index in [1.807, 2.05) is 6.07 Å². The lowest BCUT2D eigenvalue weighted by molar-refractivity contribution is 0.150. The van der Waals surface area contributed by atoms with E-state index in [9.17, 15) is 0 Å². The lowest BCUT2D eigenvalue weighted by Gasteiger charge is -2.34. The molecule has 0 bridgehead atoms. The van der Waals surface area contributed by atoms with Gasteiger partial charge in [-0.25, -0.2) is 0 Å². The number of hydrogen-bond donors (Lipinski definition) is 2. The molecule has 3 aliphatic heterocycles. The van der Waals surface area contributed by atoms with Crippen molar-refractivity contribution < 1.29 is 9.47 Å². The number of rotatable bonds is 6. The number of halogens is 1. The second-order valence-corrected chi connectivity index (χ2v) is 8.54. The van der Waals surface area contributed by atoms with Crippen molar-refractivity contribution in [3.05, 3.63) is 29.8 Å². The molecule has 4 rings (SSSR count). The fraction of sp³-hybridized carbons (Fsp3) is 0.696. The van der Waals surface area contributed by atoms with E-state index < -0.39 is 0 Å². The van der Waals surface area contributed by atoms with Crippen LogP contribution in [0.2, 0.25) is 0 Å². The van der Waals surface area contributed by atoms with Crippen molar-refractivity contribution in [1.82, 2.24) is 15.5 Å². The molecule has 0 aromatic heterocycles. The van der Waals surface area contributed by atoms with Crippen LogP contribution in [0.1, 0.15) is 44.1 Å². The topological polar surface area (TPSA) is 58.1 Å². The lowest BCUT2D eigenvalue weighted by Crippen LogP contribution is -2.49. The van der Waals surface area contributed by atoms with Crippen molar-refractivity contribution in [2.45, 2.75) is 44.6 Å². The zero-order chi connectivity index (χ0) is 19.9. The summed E-state index contributed by atoms with van der Waals surface area (Å²) in [7, 11) is 0. The van der Waals surface area contributed by atoms with E-state index in [2.05, 4.69) is 40.7 Å². The van der Waals surface area contributed by atoms with Gasteiger partial charge in [-0.15, -0.1) is 24.0 Å². The van der Waals surface area contributed by atoms with Crippen LogP contribution in [0, 0.1) is 5.92 Å². The van der Waals surface area contributed by atoms with Gasteiger partial charge in [0, 0.05) is 51.3 Å². The minimum absolute atomic E-state index is 0. The van der Waals surface area contributed by atoms with Crippen LogP contribution in [0.5, 0.6) is 5.75 Å². The normalized spacial score (nSPS) is 25.2. The summed E-state index contributed by atoms with van der Waals surface area (Å²) in [5.74, 6) is 3.16. The first-order valence-corrected chi connectivity index (χ1v) is 11.4. The first-order valence-electron chi connectivity index (χ1n) is 11.4. The smallest absolute Gasteiger partial charge is 0.191 e. The quantitative estimate of drug-likeness (QED) is 0.338. The average Bonchev–Trinajstić information content (AvgIpc) is 3.26. The summed E-state index contributed by atoms with van der Waals surface area (Å²) in [4.78, 5) is 7.55. The van der Waals surface area contributed by atoms with Gasteiger partial charge in [-0.1, -0.05) is 18.2 Å². The first kappa shape index (κ1) is 23.6. The Balaban J connectivity index is 0.00000256. The van der Waals surface area contributed by atoms with Gasteiger partial charge in [0.2, 0.25) is 0 Å². The molecule has 0 saturated carbocycles. The van der Waals surface area contributed by atoms with Gasteiger partial charge in [0.1, 0.15) is 5.75 Å². The number of para-hydroxylation sites is 1. The highest BCUT2D eigenvalue weighted by atomic mass is 127. The third-order valence-corrected chi connectivity index (χ3v) is 6.37. The van der Waals surface area contributed by atoms with Crippen molar-refractivity contribution in [1.29, 1.82) is 0 Å². The molecule has 3 aliphatic rings. The van der Waals surface area contributed by atoms with Crippen LogP contribution >= 0.6 is 24.0 Å². The van der Waals surface area contributed by atoms with Gasteiger partial charge in [0.05, 0.1) is 13.2 Å². The van der Waals surface area contributed by atoms with Crippen LogP contribution in [-0.2, 0) is 4.74 Å². The summed E-state index contributed by atoms with van der Waals surface area (Å²) >= 11 is 0. The summed E-state index contributed by atoms with van der Waals surface area (Å²) in [5, 5.41) is 7.13. The standard InChI is InChI=1S/C23H36N4O2.HI/c1-2-24-23(25-15-19-10-14-29-22-6-4-3-5-21(19)22)26-20-7-11-27(12-8-20)16-18-9-13-28-17-18;/h3-6,18-20H,2,7-17H2,1H3,(H2,24,25,26);1H. The number of aliphatic imine (C=N–C) groups is 1. The second kappa shape index (κ2) is 12.1. The Morgan fingerprint density at radius 1 is 1.13 bits per heavy atom. The van der Waals surface area contributed by atoms with Crippen molar-refractivity contribution in [3.63, 3.8) is 0 Å². The van der Waals surface area contributed by atoms with Gasteiger partial charge in [-0.05, 0) is 50.2 Å². The summed E-state index contributed by atoms with van der Waals surface area (Å²) in [6, 6.07) is 8.90. The number of likely N-dealkylation sites (tertiary alicyclic amines) is 1. The lowest BCUT2D eigenvalue weighted by atomic mass is 9.93. The van der Waals surface area contributed by atoms with Gasteiger partial charge in [0.15, 0.2) is 5.96 Å². The molecule has 2 N–H and O–H groups in total. The molecule has 6 nitrogen and oxygen atoms in total. The highest BCUT2D eigenvalue weighted by molar-refractivity contribution is 14.0. The van der Waals surface area contributed by atoms with E-state index >= 15 is 0 Å². The molecule has 7 heteroatoms. The van der Waals surface area contributed by atoms with Crippen molar-refractivity contribution >= 4 is 29.9 Å². The summed E-state index contributed by atoms with van der Waals surface area (Å²) in [6.45, 7) is 10.0. The zero-order valence-electron chi connectivity index (χ0n) is 18.1. The largest absolute Gasteiger partial charge is 0.493 e. The molecule has 0 spiro atoms. The number of fused-ring (bicyclic) bond motifs is 1. The minimum Gasteiger partial charge on any atom is -0.493 e. The van der Waals surface area contributed by atoms with Crippen molar-refractivity contribution in [2.24, 2.45) is 10.9 Å². The molecular formula is C23H37IN4O2. The maximum Gasteiger partial charge on any atom is 0.191 e. The Bertz CT molecular complexity index is 673. The van der Waals surface area contributed by atoms with E-state index in [0.717, 1.165) is 57.0 Å². The highest BCUT2D eigenvalue weighted by Crippen LogP contribution is 2.33. The van der Waals surface area contributed by atoms with E-state index in [4.69, 9.17) is 14.5 Å². The molecule has 2 unspecified atom stereocenters. The van der Waals surface area contributed by atoms with Crippen molar-refractivity contribution in [2.75, 3.05) is 52.5 Å². The molecule has 0 amide bonds. The molecule has 0 radical (unpaired) electrons. The number of benzene rings is 1. The molecule has 3 heterocycles. The average molecular weight is 528 g/mol. The van der Waals surface area contributed by atoms with Gasteiger partial charge < -0.3 is 25.0 Å². The molecule has 1 aromatic rings. The summed E-state index contributed by atoms with van der Waals surface area (Å²) < 4.78 is 11.3. The fourth-order valence-electron chi connectivity index (χ4n) is 4.67. The molecule has 2 fully saturated rings. The predicted octanol–water partition coefficient (Wildman–Crippen LogP) is 3.23. The zero-order valence-corrected chi connectivity index (χ0v) is 20.5. The fourth-order valence-corrected chi connectivity index (χ4v) is 4.67. The Labute approximate surface area is 198 Å². The SMILES string of the molecule is CCNC(=NCC1CCOc2ccccc21)NC1CCN(CC2CCOC2)CC1.I. The minimum atomic E-state index is 0. The number of guanidine groups is 1. The summed E-state index contributed by atoms with van der Waals surface area (Å²) in [5.41, 5.74) is 1.29. The molecule has 1 aromatic carbocycles. The third-order valence-electron chi connectivity index (χ3n) is 6.37. The highest BCUT2D eigenvalue weighted by Gasteiger charge is 2.25. The second-order valence-electron chi connectivity index (χ2n) is 8.54. The van der Waals surface area contributed by atoms with Crippen LogP contribution in [0.15, 0.2) is 29.3 Å².